The lowest BCUT2D eigenvalue weighted by Crippen LogP contribution is -2.49. The number of hydrogen-bond acceptors (Lipinski definition) is 5. The van der Waals surface area contributed by atoms with Gasteiger partial charge in [-0.15, -0.1) is 0 Å². The van der Waals surface area contributed by atoms with E-state index in [9.17, 15) is 5.21 Å². The number of hydroxylamine groups is 1. The van der Waals surface area contributed by atoms with Crippen LogP contribution in [-0.4, -0.2) is 41.9 Å². The third-order valence-corrected chi connectivity index (χ3v) is 6.85. The van der Waals surface area contributed by atoms with Crippen LogP contribution >= 0.6 is 0 Å². The number of ether oxygens (including phenoxy) is 4. The van der Waals surface area contributed by atoms with Crippen LogP contribution in [0.1, 0.15) is 22.3 Å². The zero-order valence-corrected chi connectivity index (χ0v) is 22.5. The highest BCUT2D eigenvalue weighted by Gasteiger charge is 2.43. The first-order valence-corrected chi connectivity index (χ1v) is 13.7. The zero-order valence-electron chi connectivity index (χ0n) is 22.5. The van der Waals surface area contributed by atoms with Crippen LogP contribution in [0.2, 0.25) is 0 Å². The van der Waals surface area contributed by atoms with Crippen LogP contribution in [0.4, 0.5) is 0 Å². The Morgan fingerprint density at radius 2 is 0.875 bits per heavy atom. The monoisotopic (exact) mass is 537 g/mol. The zero-order chi connectivity index (χ0) is 27.4. The fourth-order valence-corrected chi connectivity index (χ4v) is 4.74. The van der Waals surface area contributed by atoms with E-state index in [0.29, 0.717) is 26.4 Å². The summed E-state index contributed by atoms with van der Waals surface area (Å²) in [6.45, 7) is 1.49. The van der Waals surface area contributed by atoms with Gasteiger partial charge in [-0.1, -0.05) is 121 Å². The lowest BCUT2D eigenvalue weighted by Gasteiger charge is -2.33. The van der Waals surface area contributed by atoms with Crippen molar-refractivity contribution in [3.05, 3.63) is 149 Å². The highest BCUT2D eigenvalue weighted by molar-refractivity contribution is 5.59. The van der Waals surface area contributed by atoms with E-state index >= 15 is 0 Å². The van der Waals surface area contributed by atoms with Gasteiger partial charge in [-0.05, 0) is 22.3 Å². The standard InChI is InChI=1S/C34H35NO5/c36-35-21-31(37-23-27-13-5-1-6-14-27)33(39-25-29-17-9-3-10-18-29)34(40-26-30-19-11-4-12-20-30)32(22-35)38-24-28-15-7-2-8-16-28/h1-21,31-34H,22-26H2/t31-,32-,33+,34-/m0/s1. The lowest BCUT2D eigenvalue weighted by molar-refractivity contribution is -0.469. The molecule has 40 heavy (non-hydrogen) atoms. The summed E-state index contributed by atoms with van der Waals surface area (Å²) in [5.74, 6) is 0. The van der Waals surface area contributed by atoms with E-state index in [1.54, 1.807) is 6.21 Å². The molecular weight excluding hydrogens is 502 g/mol. The van der Waals surface area contributed by atoms with Crippen LogP contribution in [0.25, 0.3) is 0 Å². The molecule has 0 amide bonds. The number of nitrogens with zero attached hydrogens (tertiary/aromatic N) is 1. The minimum absolute atomic E-state index is 0.0999. The third-order valence-electron chi connectivity index (χ3n) is 6.85. The average Bonchev–Trinajstić information content (AvgIpc) is 3.14. The quantitative estimate of drug-likeness (QED) is 0.166. The topological polar surface area (TPSA) is 63.0 Å². The summed E-state index contributed by atoms with van der Waals surface area (Å²) in [6, 6.07) is 39.8. The highest BCUT2D eigenvalue weighted by Crippen LogP contribution is 2.24. The third kappa shape index (κ3) is 8.10. The van der Waals surface area contributed by atoms with E-state index in [4.69, 9.17) is 18.9 Å². The summed E-state index contributed by atoms with van der Waals surface area (Å²) in [6.07, 6.45) is -0.796. The van der Waals surface area contributed by atoms with Gasteiger partial charge >= 0.3 is 0 Å². The molecule has 0 saturated carbocycles. The first kappa shape index (κ1) is 27.7. The van der Waals surface area contributed by atoms with Crippen molar-refractivity contribution in [2.75, 3.05) is 6.54 Å². The molecule has 6 heteroatoms. The van der Waals surface area contributed by atoms with Gasteiger partial charge in [-0.3, -0.25) is 0 Å². The summed E-state index contributed by atoms with van der Waals surface area (Å²) in [5.41, 5.74) is 4.09. The lowest BCUT2D eigenvalue weighted by atomic mass is 10.0. The number of rotatable bonds is 12. The van der Waals surface area contributed by atoms with Gasteiger partial charge < -0.3 is 24.2 Å². The van der Waals surface area contributed by atoms with E-state index in [2.05, 4.69) is 0 Å². The normalized spacial score (nSPS) is 20.9. The van der Waals surface area contributed by atoms with Gasteiger partial charge in [0.1, 0.15) is 18.3 Å². The maximum Gasteiger partial charge on any atom is 0.182 e. The molecule has 0 aromatic heterocycles. The molecule has 4 atom stereocenters. The van der Waals surface area contributed by atoms with Crippen LogP contribution in [-0.2, 0) is 45.4 Å². The molecule has 1 heterocycles. The summed E-state index contributed by atoms with van der Waals surface area (Å²) < 4.78 is 26.8. The molecule has 0 radical (unpaired) electrons. The van der Waals surface area contributed by atoms with Gasteiger partial charge in [0.05, 0.1) is 26.4 Å². The van der Waals surface area contributed by atoms with E-state index in [0.717, 1.165) is 27.0 Å². The molecule has 0 saturated heterocycles. The minimum atomic E-state index is -0.646. The first-order valence-electron chi connectivity index (χ1n) is 13.7. The Morgan fingerprint density at radius 1 is 0.500 bits per heavy atom. The van der Waals surface area contributed by atoms with Crippen LogP contribution in [0.15, 0.2) is 121 Å². The van der Waals surface area contributed by atoms with Crippen LogP contribution in [0, 0.1) is 5.21 Å². The second kappa shape index (κ2) is 14.5. The van der Waals surface area contributed by atoms with Crippen LogP contribution in [0.5, 0.6) is 0 Å². The van der Waals surface area contributed by atoms with Crippen molar-refractivity contribution in [3.8, 4) is 0 Å². The predicted molar refractivity (Wildman–Crippen MR) is 155 cm³/mol. The summed E-state index contributed by atoms with van der Waals surface area (Å²) >= 11 is 0. The second-order valence-electron chi connectivity index (χ2n) is 9.87. The van der Waals surface area contributed by atoms with Crippen LogP contribution < -0.4 is 0 Å². The predicted octanol–water partition coefficient (Wildman–Crippen LogP) is 5.92. The molecule has 0 N–H and O–H groups in total. The Balaban J connectivity index is 1.42. The second-order valence-corrected chi connectivity index (χ2v) is 9.87. The van der Waals surface area contributed by atoms with E-state index in [1.165, 1.54) is 0 Å². The Labute approximate surface area is 236 Å². The van der Waals surface area contributed by atoms with Gasteiger partial charge in [0.15, 0.2) is 18.9 Å². The minimum Gasteiger partial charge on any atom is -0.624 e. The molecule has 0 aliphatic carbocycles. The van der Waals surface area contributed by atoms with Crippen molar-refractivity contribution >= 4 is 6.21 Å². The first-order chi connectivity index (χ1) is 19.7. The number of hydrogen-bond donors (Lipinski definition) is 0. The molecule has 206 valence electrons. The summed E-state index contributed by atoms with van der Waals surface area (Å²) in [5, 5.41) is 13.2. The molecule has 4 aromatic carbocycles. The Morgan fingerprint density at radius 3 is 1.32 bits per heavy atom. The maximum absolute atomic E-state index is 13.2. The van der Waals surface area contributed by atoms with E-state index in [-0.39, 0.29) is 6.54 Å². The van der Waals surface area contributed by atoms with Gasteiger partial charge in [0.25, 0.3) is 0 Å². The van der Waals surface area contributed by atoms with Crippen molar-refractivity contribution in [1.82, 2.24) is 0 Å². The van der Waals surface area contributed by atoms with Crippen molar-refractivity contribution < 1.29 is 23.7 Å². The molecular formula is C34H35NO5. The van der Waals surface area contributed by atoms with E-state index in [1.807, 2.05) is 121 Å². The van der Waals surface area contributed by atoms with Gasteiger partial charge in [-0.2, -0.15) is 0 Å². The SMILES string of the molecule is [O-][N+]1=C[C@H](OCc2ccccc2)[C@@H](OCc2ccccc2)[C@@H](OCc2ccccc2)[C@@H](OCc2ccccc2)C1. The molecule has 4 aromatic rings. The van der Waals surface area contributed by atoms with Gasteiger partial charge in [0, 0.05) is 0 Å². The molecule has 5 rings (SSSR count). The molecule has 0 bridgehead atoms. The van der Waals surface area contributed by atoms with Gasteiger partial charge in [-0.25, -0.2) is 4.74 Å². The summed E-state index contributed by atoms with van der Waals surface area (Å²) in [4.78, 5) is 0. The van der Waals surface area contributed by atoms with E-state index < -0.39 is 24.4 Å². The Bertz CT molecular complexity index is 1300. The fraction of sp³-hybridized carbons (Fsp3) is 0.265. The smallest absolute Gasteiger partial charge is 0.182 e. The molecule has 0 fully saturated rings. The van der Waals surface area contributed by atoms with Crippen molar-refractivity contribution in [3.63, 3.8) is 0 Å². The maximum atomic E-state index is 13.2. The Kier molecular flexibility index (Phi) is 10.1. The Hall–Kier alpha value is -3.81. The van der Waals surface area contributed by atoms with Crippen LogP contribution in [0.3, 0.4) is 0 Å². The average molecular weight is 538 g/mol. The molecule has 1 aliphatic rings. The molecule has 0 spiro atoms. The summed E-state index contributed by atoms with van der Waals surface area (Å²) in [7, 11) is 0. The van der Waals surface area contributed by atoms with Gasteiger partial charge in [0.2, 0.25) is 0 Å². The largest absolute Gasteiger partial charge is 0.624 e. The van der Waals surface area contributed by atoms with Crippen molar-refractivity contribution in [1.29, 1.82) is 0 Å². The molecule has 0 unspecified atom stereocenters. The molecule has 6 nitrogen and oxygen atoms in total. The highest BCUT2D eigenvalue weighted by atomic mass is 16.6. The fourth-order valence-electron chi connectivity index (χ4n) is 4.74. The van der Waals surface area contributed by atoms with Crippen molar-refractivity contribution in [2.24, 2.45) is 0 Å². The number of benzene rings is 4. The van der Waals surface area contributed by atoms with Crippen molar-refractivity contribution in [2.45, 2.75) is 50.8 Å². The molecule has 1 aliphatic heterocycles.